The third-order valence-corrected chi connectivity index (χ3v) is 3.28. The van der Waals surface area contributed by atoms with Crippen LogP contribution in [0.1, 0.15) is 17.2 Å². The highest BCUT2D eigenvalue weighted by atomic mass is 16.4. The molecule has 18 heavy (non-hydrogen) atoms. The molecule has 4 nitrogen and oxygen atoms in total. The van der Waals surface area contributed by atoms with Crippen molar-refractivity contribution in [2.45, 2.75) is 12.5 Å². The Morgan fingerprint density at radius 1 is 1.33 bits per heavy atom. The van der Waals surface area contributed by atoms with E-state index < -0.39 is 11.9 Å². The van der Waals surface area contributed by atoms with E-state index in [0.29, 0.717) is 13.1 Å². The summed E-state index contributed by atoms with van der Waals surface area (Å²) in [6, 6.07) is 11.4. The molecule has 1 aromatic carbocycles. The van der Waals surface area contributed by atoms with Gasteiger partial charge in [-0.1, -0.05) is 18.2 Å². The van der Waals surface area contributed by atoms with Gasteiger partial charge in [0, 0.05) is 12.2 Å². The molecule has 0 saturated carbocycles. The van der Waals surface area contributed by atoms with Crippen molar-refractivity contribution in [2.24, 2.45) is 0 Å². The molecule has 1 aliphatic heterocycles. The van der Waals surface area contributed by atoms with Gasteiger partial charge in [-0.2, -0.15) is 0 Å². The second-order valence-electron chi connectivity index (χ2n) is 4.41. The van der Waals surface area contributed by atoms with Crippen LogP contribution in [0.4, 0.5) is 5.69 Å². The van der Waals surface area contributed by atoms with Crippen molar-refractivity contribution < 1.29 is 14.3 Å². The molecule has 1 unspecified atom stereocenters. The molecule has 2 aromatic rings. The molecule has 4 heteroatoms. The van der Waals surface area contributed by atoms with Crippen LogP contribution < -0.4 is 4.90 Å². The lowest BCUT2D eigenvalue weighted by atomic mass is 10.0. The fourth-order valence-corrected chi connectivity index (χ4v) is 2.44. The van der Waals surface area contributed by atoms with Crippen molar-refractivity contribution in [3.63, 3.8) is 0 Å². The average molecular weight is 243 g/mol. The molecule has 0 radical (unpaired) electrons. The van der Waals surface area contributed by atoms with E-state index in [4.69, 9.17) is 4.42 Å². The highest BCUT2D eigenvalue weighted by Gasteiger charge is 2.33. The van der Waals surface area contributed by atoms with E-state index in [1.54, 1.807) is 6.26 Å². The molecule has 0 amide bonds. The summed E-state index contributed by atoms with van der Waals surface area (Å²) in [6.07, 6.45) is 1.63. The van der Waals surface area contributed by atoms with Crippen molar-refractivity contribution in [1.82, 2.24) is 0 Å². The summed E-state index contributed by atoms with van der Waals surface area (Å²) < 4.78 is 5.32. The smallest absolute Gasteiger partial charge is 0.312 e. The summed E-state index contributed by atoms with van der Waals surface area (Å²) in [6.45, 7) is 1.10. The van der Waals surface area contributed by atoms with Gasteiger partial charge in [0.25, 0.3) is 0 Å². The molecule has 0 saturated heterocycles. The van der Waals surface area contributed by atoms with E-state index in [0.717, 1.165) is 17.0 Å². The largest absolute Gasteiger partial charge is 0.481 e. The Labute approximate surface area is 104 Å². The first kappa shape index (κ1) is 10.9. The fourth-order valence-electron chi connectivity index (χ4n) is 2.44. The molecular weight excluding hydrogens is 230 g/mol. The van der Waals surface area contributed by atoms with Crippen LogP contribution in [-0.4, -0.2) is 17.6 Å². The molecule has 92 valence electrons. The Hall–Kier alpha value is -2.23. The number of carboxylic acids is 1. The Kier molecular flexibility index (Phi) is 2.55. The minimum atomic E-state index is -0.774. The van der Waals surface area contributed by atoms with Gasteiger partial charge in [-0.3, -0.25) is 4.79 Å². The molecule has 1 aliphatic rings. The molecule has 1 aromatic heterocycles. The lowest BCUT2D eigenvalue weighted by Crippen LogP contribution is -2.23. The van der Waals surface area contributed by atoms with Crippen LogP contribution in [0.2, 0.25) is 0 Å². The van der Waals surface area contributed by atoms with Gasteiger partial charge < -0.3 is 14.4 Å². The summed E-state index contributed by atoms with van der Waals surface area (Å²) in [5.41, 5.74) is 1.87. The van der Waals surface area contributed by atoms with Gasteiger partial charge in [0.1, 0.15) is 11.7 Å². The van der Waals surface area contributed by atoms with Crippen molar-refractivity contribution in [3.8, 4) is 0 Å². The number of para-hydroxylation sites is 1. The summed E-state index contributed by atoms with van der Waals surface area (Å²) in [4.78, 5) is 13.3. The first-order chi connectivity index (χ1) is 8.75. The number of nitrogens with zero attached hydrogens (tertiary/aromatic N) is 1. The number of anilines is 1. The SMILES string of the molecule is O=C(O)C1CN(Cc2ccco2)c2ccccc21. The Morgan fingerprint density at radius 2 is 2.17 bits per heavy atom. The predicted octanol–water partition coefficient (Wildman–Crippen LogP) is 2.47. The molecule has 0 aliphatic carbocycles. The Balaban J connectivity index is 1.92. The maximum atomic E-state index is 11.3. The lowest BCUT2D eigenvalue weighted by molar-refractivity contribution is -0.138. The van der Waals surface area contributed by atoms with E-state index in [1.165, 1.54) is 0 Å². The van der Waals surface area contributed by atoms with Gasteiger partial charge in [0.2, 0.25) is 0 Å². The first-order valence-corrected chi connectivity index (χ1v) is 5.85. The second-order valence-corrected chi connectivity index (χ2v) is 4.41. The van der Waals surface area contributed by atoms with Gasteiger partial charge in [-0.05, 0) is 23.8 Å². The topological polar surface area (TPSA) is 53.7 Å². The summed E-state index contributed by atoms with van der Waals surface area (Å²) >= 11 is 0. The van der Waals surface area contributed by atoms with E-state index in [1.807, 2.05) is 41.3 Å². The maximum Gasteiger partial charge on any atom is 0.312 e. The van der Waals surface area contributed by atoms with Crippen molar-refractivity contribution in [3.05, 3.63) is 54.0 Å². The number of carboxylic acid groups (broad SMARTS) is 1. The molecular formula is C14H13NO3. The number of rotatable bonds is 3. The monoisotopic (exact) mass is 243 g/mol. The number of hydrogen-bond acceptors (Lipinski definition) is 3. The molecule has 2 heterocycles. The number of benzene rings is 1. The third-order valence-electron chi connectivity index (χ3n) is 3.28. The van der Waals surface area contributed by atoms with Crippen molar-refractivity contribution in [2.75, 3.05) is 11.4 Å². The molecule has 0 fully saturated rings. The molecule has 0 bridgehead atoms. The minimum absolute atomic E-state index is 0.448. The molecule has 3 rings (SSSR count). The van der Waals surface area contributed by atoms with Gasteiger partial charge in [-0.25, -0.2) is 0 Å². The van der Waals surface area contributed by atoms with Crippen LogP contribution >= 0.6 is 0 Å². The zero-order chi connectivity index (χ0) is 12.5. The van der Waals surface area contributed by atoms with Crippen molar-refractivity contribution in [1.29, 1.82) is 0 Å². The minimum Gasteiger partial charge on any atom is -0.481 e. The van der Waals surface area contributed by atoms with Gasteiger partial charge in [0.15, 0.2) is 0 Å². The number of carbonyl (C=O) groups is 1. The van der Waals surface area contributed by atoms with Crippen LogP contribution in [-0.2, 0) is 11.3 Å². The maximum absolute atomic E-state index is 11.3. The fraction of sp³-hybridized carbons (Fsp3) is 0.214. The predicted molar refractivity (Wildman–Crippen MR) is 66.6 cm³/mol. The normalized spacial score (nSPS) is 17.8. The lowest BCUT2D eigenvalue weighted by Gasteiger charge is -2.17. The molecule has 1 atom stereocenters. The zero-order valence-corrected chi connectivity index (χ0v) is 9.74. The quantitative estimate of drug-likeness (QED) is 0.899. The van der Waals surface area contributed by atoms with E-state index in [9.17, 15) is 9.90 Å². The second kappa shape index (κ2) is 4.22. The Morgan fingerprint density at radius 3 is 2.89 bits per heavy atom. The highest BCUT2D eigenvalue weighted by Crippen LogP contribution is 2.36. The zero-order valence-electron chi connectivity index (χ0n) is 9.74. The number of aliphatic carboxylic acids is 1. The number of furan rings is 1. The van der Waals surface area contributed by atoms with Crippen LogP contribution in [0, 0.1) is 0 Å². The summed E-state index contributed by atoms with van der Waals surface area (Å²) in [5, 5.41) is 9.25. The van der Waals surface area contributed by atoms with Crippen LogP contribution in [0.25, 0.3) is 0 Å². The first-order valence-electron chi connectivity index (χ1n) is 5.85. The molecule has 0 spiro atoms. The molecule has 1 N–H and O–H groups in total. The number of hydrogen-bond donors (Lipinski definition) is 1. The standard InChI is InChI=1S/C14H13NO3/c16-14(17)12-9-15(8-10-4-3-7-18-10)13-6-2-1-5-11(12)13/h1-7,12H,8-9H2,(H,16,17). The summed E-state index contributed by atoms with van der Waals surface area (Å²) in [5.74, 6) is -0.378. The third kappa shape index (κ3) is 1.76. The summed E-state index contributed by atoms with van der Waals surface area (Å²) in [7, 11) is 0. The van der Waals surface area contributed by atoms with E-state index >= 15 is 0 Å². The van der Waals surface area contributed by atoms with E-state index in [2.05, 4.69) is 0 Å². The Bertz CT molecular complexity index is 562. The van der Waals surface area contributed by atoms with Crippen molar-refractivity contribution >= 4 is 11.7 Å². The van der Waals surface area contributed by atoms with Gasteiger partial charge in [0.05, 0.1) is 12.8 Å². The van der Waals surface area contributed by atoms with Crippen LogP contribution in [0.3, 0.4) is 0 Å². The van der Waals surface area contributed by atoms with E-state index in [-0.39, 0.29) is 0 Å². The van der Waals surface area contributed by atoms with Gasteiger partial charge in [-0.15, -0.1) is 0 Å². The van der Waals surface area contributed by atoms with Crippen LogP contribution in [0.5, 0.6) is 0 Å². The average Bonchev–Trinajstić information content (AvgIpc) is 2.98. The van der Waals surface area contributed by atoms with Crippen LogP contribution in [0.15, 0.2) is 47.1 Å². The number of fused-ring (bicyclic) bond motifs is 1. The highest BCUT2D eigenvalue weighted by molar-refractivity contribution is 5.82. The van der Waals surface area contributed by atoms with Gasteiger partial charge >= 0.3 is 5.97 Å².